The van der Waals surface area contributed by atoms with Crippen molar-refractivity contribution in [1.29, 1.82) is 0 Å². The van der Waals surface area contributed by atoms with Crippen molar-refractivity contribution in [2.75, 3.05) is 25.1 Å². The molecular weight excluding hydrogens is 560 g/mol. The molecule has 0 spiro atoms. The van der Waals surface area contributed by atoms with Gasteiger partial charge in [0.25, 0.3) is 17.7 Å². The first kappa shape index (κ1) is 27.4. The average molecular weight is 585 g/mol. The molecule has 0 radical (unpaired) electrons. The second-order valence-electron chi connectivity index (χ2n) is 8.82. The number of hydroxylamine groups is 2. The minimum Gasteiger partial charge on any atom is -0.477 e. The third-order valence-corrected chi connectivity index (χ3v) is 8.29. The number of anilines is 1. The number of nitrogens with two attached hydrogens (primary N) is 1. The van der Waals surface area contributed by atoms with E-state index in [1.165, 1.54) is 35.4 Å². The zero-order valence-corrected chi connectivity index (χ0v) is 22.7. The number of benzene rings is 1. The van der Waals surface area contributed by atoms with Gasteiger partial charge in [0.05, 0.1) is 6.54 Å². The highest BCUT2D eigenvalue weighted by molar-refractivity contribution is 8.00. The van der Waals surface area contributed by atoms with Gasteiger partial charge in [-0.15, -0.1) is 23.1 Å². The summed E-state index contributed by atoms with van der Waals surface area (Å²) in [5.41, 5.74) is 7.08. The van der Waals surface area contributed by atoms with E-state index in [9.17, 15) is 24.3 Å². The molecule has 2 saturated heterocycles. The number of rotatable bonds is 9. The number of oxime groups is 1. The van der Waals surface area contributed by atoms with Gasteiger partial charge in [-0.3, -0.25) is 24.1 Å². The predicted octanol–water partition coefficient (Wildman–Crippen LogP) is 1.10. The number of carbonyl (C=O) groups is 4. The van der Waals surface area contributed by atoms with Crippen molar-refractivity contribution >= 4 is 57.6 Å². The summed E-state index contributed by atoms with van der Waals surface area (Å²) < 4.78 is 0. The Balaban J connectivity index is 1.29. The zero-order chi connectivity index (χ0) is 28.4. The summed E-state index contributed by atoms with van der Waals surface area (Å²) in [6.45, 7) is 0.554. The lowest BCUT2D eigenvalue weighted by Crippen LogP contribution is -2.71. The highest BCUT2D eigenvalue weighted by atomic mass is 32.2. The third-order valence-electron chi connectivity index (χ3n) is 6.31. The number of thioether (sulfide) groups is 1. The summed E-state index contributed by atoms with van der Waals surface area (Å²) in [5.74, 6) is -2.76. The van der Waals surface area contributed by atoms with Gasteiger partial charge in [0.2, 0.25) is 0 Å². The smallest absolute Gasteiger partial charge is 0.352 e. The summed E-state index contributed by atoms with van der Waals surface area (Å²) in [6, 6.07) is 8.42. The van der Waals surface area contributed by atoms with Crippen molar-refractivity contribution in [2.24, 2.45) is 5.16 Å². The SMILES string of the molecule is CON=C(C(=O)N[C@@H]1C(=O)N2C(C(=O)O)=C(C=C3CCN(OCc4ccccc4)C3=O)CS[C@H]12)c1csc(N)n1. The molecule has 3 aliphatic rings. The molecule has 40 heavy (non-hydrogen) atoms. The van der Waals surface area contributed by atoms with Crippen LogP contribution in [0, 0.1) is 0 Å². The van der Waals surface area contributed by atoms with Crippen molar-refractivity contribution < 1.29 is 34.0 Å². The Kier molecular flexibility index (Phi) is 7.86. The predicted molar refractivity (Wildman–Crippen MR) is 145 cm³/mol. The molecule has 0 unspecified atom stereocenters. The zero-order valence-electron chi connectivity index (χ0n) is 21.1. The normalized spacial score (nSPS) is 21.9. The number of nitrogens with one attached hydrogen (secondary N) is 1. The Morgan fingerprint density at radius 3 is 2.75 bits per heavy atom. The van der Waals surface area contributed by atoms with Crippen LogP contribution in [0.3, 0.4) is 0 Å². The van der Waals surface area contributed by atoms with E-state index in [0.29, 0.717) is 24.1 Å². The average Bonchev–Trinajstić information content (AvgIpc) is 3.53. The quantitative estimate of drug-likeness (QED) is 0.167. The molecule has 4 heterocycles. The molecule has 4 N–H and O–H groups in total. The van der Waals surface area contributed by atoms with Crippen LogP contribution < -0.4 is 11.1 Å². The number of nitrogen functional groups attached to an aromatic ring is 1. The Labute approximate surface area is 236 Å². The molecule has 0 saturated carbocycles. The van der Waals surface area contributed by atoms with E-state index in [-0.39, 0.29) is 40.5 Å². The molecular formula is C25H24N6O7S2. The largest absolute Gasteiger partial charge is 0.477 e. The number of β-lactam (4-membered cyclic amide) rings is 1. The van der Waals surface area contributed by atoms with Crippen LogP contribution >= 0.6 is 23.1 Å². The number of fused-ring (bicyclic) bond motifs is 1. The minimum atomic E-state index is -1.31. The number of nitrogens with zero attached hydrogens (tertiary/aromatic N) is 4. The van der Waals surface area contributed by atoms with Gasteiger partial charge in [-0.05, 0) is 23.6 Å². The summed E-state index contributed by atoms with van der Waals surface area (Å²) in [5, 5.41) is 18.6. The van der Waals surface area contributed by atoms with Gasteiger partial charge in [-0.2, -0.15) is 0 Å². The van der Waals surface area contributed by atoms with Crippen molar-refractivity contribution in [1.82, 2.24) is 20.3 Å². The summed E-state index contributed by atoms with van der Waals surface area (Å²) in [4.78, 5) is 66.7. The standard InChI is InChI=1S/C25H24N6O7S2/c1-37-29-17(16-12-40-25(26)27-16)20(32)28-18-22(34)31-19(24(35)36)15(11-39-23(18)31)9-14-7-8-30(21(14)33)38-10-13-5-3-2-4-6-13/h2-6,9,12,18,23H,7-8,10-11H2,1H3,(H2,26,27)(H,28,32)(H,35,36)/t18-,23-/m1/s1. The molecule has 3 amide bonds. The fraction of sp³-hybridized carbons (Fsp3) is 0.280. The van der Waals surface area contributed by atoms with Gasteiger partial charge in [0, 0.05) is 16.7 Å². The number of amides is 3. The monoisotopic (exact) mass is 584 g/mol. The van der Waals surface area contributed by atoms with Crippen LogP contribution in [0.25, 0.3) is 0 Å². The summed E-state index contributed by atoms with van der Waals surface area (Å²) in [6.07, 6.45) is 1.89. The molecule has 208 valence electrons. The van der Waals surface area contributed by atoms with E-state index in [4.69, 9.17) is 15.4 Å². The number of thiazole rings is 1. The van der Waals surface area contributed by atoms with Gasteiger partial charge in [0.1, 0.15) is 36.5 Å². The Hall–Kier alpha value is -4.21. The molecule has 1 aromatic heterocycles. The van der Waals surface area contributed by atoms with Crippen molar-refractivity contribution in [2.45, 2.75) is 24.4 Å². The first-order valence-corrected chi connectivity index (χ1v) is 13.9. The van der Waals surface area contributed by atoms with Crippen molar-refractivity contribution in [3.8, 4) is 0 Å². The lowest BCUT2D eigenvalue weighted by Gasteiger charge is -2.49. The maximum Gasteiger partial charge on any atom is 0.352 e. The number of carboxylic acid groups (broad SMARTS) is 1. The molecule has 2 aromatic rings. The Morgan fingerprint density at radius 2 is 2.08 bits per heavy atom. The lowest BCUT2D eigenvalue weighted by molar-refractivity contribution is -0.180. The van der Waals surface area contributed by atoms with E-state index in [1.807, 2.05) is 30.3 Å². The van der Waals surface area contributed by atoms with Crippen LogP contribution in [0.15, 0.2) is 63.8 Å². The van der Waals surface area contributed by atoms with E-state index in [2.05, 4.69) is 15.5 Å². The highest BCUT2D eigenvalue weighted by Crippen LogP contribution is 2.41. The fourth-order valence-corrected chi connectivity index (χ4v) is 6.29. The Bertz CT molecular complexity index is 1450. The van der Waals surface area contributed by atoms with E-state index < -0.39 is 29.2 Å². The van der Waals surface area contributed by atoms with E-state index >= 15 is 0 Å². The van der Waals surface area contributed by atoms with Crippen LogP contribution in [-0.2, 0) is 35.5 Å². The first-order chi connectivity index (χ1) is 19.3. The van der Waals surface area contributed by atoms with Crippen molar-refractivity contribution in [3.05, 3.63) is 69.9 Å². The molecule has 1 aromatic carbocycles. The second-order valence-corrected chi connectivity index (χ2v) is 10.8. The van der Waals surface area contributed by atoms with Gasteiger partial charge < -0.3 is 21.0 Å². The molecule has 2 fully saturated rings. The molecule has 15 heteroatoms. The second kappa shape index (κ2) is 11.5. The first-order valence-electron chi connectivity index (χ1n) is 12.0. The third kappa shape index (κ3) is 5.30. The molecule has 2 atom stereocenters. The van der Waals surface area contributed by atoms with Crippen LogP contribution in [-0.4, -0.2) is 80.3 Å². The molecule has 0 bridgehead atoms. The van der Waals surface area contributed by atoms with Crippen molar-refractivity contribution in [3.63, 3.8) is 0 Å². The molecule has 0 aliphatic carbocycles. The van der Waals surface area contributed by atoms with Gasteiger partial charge in [-0.25, -0.2) is 14.8 Å². The molecule has 5 rings (SSSR count). The Morgan fingerprint density at radius 1 is 1.30 bits per heavy atom. The number of allylic oxidation sites excluding steroid dienone is 1. The van der Waals surface area contributed by atoms with Gasteiger partial charge in [-0.1, -0.05) is 35.5 Å². The number of hydrogen-bond acceptors (Lipinski definition) is 11. The van der Waals surface area contributed by atoms with E-state index in [0.717, 1.165) is 21.8 Å². The maximum absolute atomic E-state index is 13.1. The maximum atomic E-state index is 13.1. The van der Waals surface area contributed by atoms with Crippen LogP contribution in [0.2, 0.25) is 0 Å². The van der Waals surface area contributed by atoms with Crippen LogP contribution in [0.5, 0.6) is 0 Å². The summed E-state index contributed by atoms with van der Waals surface area (Å²) >= 11 is 2.39. The van der Waals surface area contributed by atoms with Gasteiger partial charge >= 0.3 is 5.97 Å². The van der Waals surface area contributed by atoms with Gasteiger partial charge in [0.15, 0.2) is 10.8 Å². The number of aliphatic carboxylic acids is 1. The summed E-state index contributed by atoms with van der Waals surface area (Å²) in [7, 11) is 1.26. The molecule has 3 aliphatic heterocycles. The topological polar surface area (TPSA) is 177 Å². The fourth-order valence-electron chi connectivity index (χ4n) is 4.44. The number of hydrogen-bond donors (Lipinski definition) is 3. The minimum absolute atomic E-state index is 0.166. The van der Waals surface area contributed by atoms with Crippen LogP contribution in [0.1, 0.15) is 17.7 Å². The number of carbonyl (C=O) groups excluding carboxylic acids is 3. The number of carboxylic acids is 1. The lowest BCUT2D eigenvalue weighted by atomic mass is 10.0. The number of aromatic nitrogens is 1. The highest BCUT2D eigenvalue weighted by Gasteiger charge is 2.54. The molecule has 13 nitrogen and oxygen atoms in total. The van der Waals surface area contributed by atoms with E-state index in [1.54, 1.807) is 0 Å². The van der Waals surface area contributed by atoms with Crippen LogP contribution in [0.4, 0.5) is 5.13 Å².